The van der Waals surface area contributed by atoms with E-state index in [0.29, 0.717) is 29.9 Å². The summed E-state index contributed by atoms with van der Waals surface area (Å²) < 4.78 is 91.7. The van der Waals surface area contributed by atoms with Gasteiger partial charge in [-0.2, -0.15) is 26.3 Å². The average Bonchev–Trinajstić information content (AvgIpc) is 3.20. The number of aliphatic hydroxyl groups is 1. The minimum absolute atomic E-state index is 0.0129. The first-order chi connectivity index (χ1) is 21.8. The van der Waals surface area contributed by atoms with Crippen LogP contribution in [0.25, 0.3) is 0 Å². The van der Waals surface area contributed by atoms with E-state index in [1.807, 2.05) is 13.8 Å². The van der Waals surface area contributed by atoms with Gasteiger partial charge in [-0.1, -0.05) is 31.5 Å². The minimum Gasteiger partial charge on any atom is -0.491 e. The number of hydrogen-bond acceptors (Lipinski definition) is 7. The molecular formula is C32H31F6N3O6. The second kappa shape index (κ2) is 12.9. The van der Waals surface area contributed by atoms with Gasteiger partial charge in [0.2, 0.25) is 5.78 Å². The van der Waals surface area contributed by atoms with Crippen LogP contribution in [0.1, 0.15) is 61.3 Å². The molecule has 1 aromatic heterocycles. The number of ether oxygens (including phenoxy) is 2. The van der Waals surface area contributed by atoms with Gasteiger partial charge in [-0.3, -0.25) is 14.5 Å². The number of alkyl halides is 6. The summed E-state index contributed by atoms with van der Waals surface area (Å²) in [5, 5.41) is 12.4. The molecule has 1 unspecified atom stereocenters. The molecule has 2 heterocycles. The number of carbonyl (C=O) groups is 3. The van der Waals surface area contributed by atoms with Crippen LogP contribution in [0.2, 0.25) is 0 Å². The number of benzene rings is 2. The lowest BCUT2D eigenvalue weighted by Gasteiger charge is -2.33. The maximum Gasteiger partial charge on any atom is 0.430 e. The summed E-state index contributed by atoms with van der Waals surface area (Å²) in [4.78, 5) is 43.8. The summed E-state index contributed by atoms with van der Waals surface area (Å²) in [5.74, 6) is -0.891. The molecule has 2 N–H and O–H groups in total. The van der Waals surface area contributed by atoms with Crippen LogP contribution in [0.15, 0.2) is 60.8 Å². The van der Waals surface area contributed by atoms with E-state index in [1.165, 1.54) is 19.1 Å². The van der Waals surface area contributed by atoms with E-state index >= 15 is 0 Å². The molecule has 9 nitrogen and oxygen atoms in total. The number of urea groups is 1. The highest BCUT2D eigenvalue weighted by Crippen LogP contribution is 2.50. The van der Waals surface area contributed by atoms with Crippen molar-refractivity contribution in [1.82, 2.24) is 15.2 Å². The van der Waals surface area contributed by atoms with Gasteiger partial charge in [-0.05, 0) is 74.7 Å². The second-order valence-electron chi connectivity index (χ2n) is 11.3. The molecule has 47 heavy (non-hydrogen) atoms. The standard InChI is InChI=1S/C32H31F6N3O6/c1-5-6-19-15-21(30(45,31(33,34)35)32(36,37)38)9-14-26(19)47-23-12-13-24(39-16-23)25(42)17-41-27(43)29(4,40-28(41)44)20-7-10-22(11-8-20)46-18(2)3/h7-16,18,45H,5-6,17H2,1-4H3,(H,40,44). The quantitative estimate of drug-likeness (QED) is 0.135. The maximum absolute atomic E-state index is 13.4. The first kappa shape index (κ1) is 35.2. The largest absolute Gasteiger partial charge is 0.491 e. The van der Waals surface area contributed by atoms with E-state index in [1.54, 1.807) is 31.2 Å². The third kappa shape index (κ3) is 6.89. The van der Waals surface area contributed by atoms with Crippen molar-refractivity contribution in [2.45, 2.75) is 70.1 Å². The summed E-state index contributed by atoms with van der Waals surface area (Å²) in [7, 11) is 0. The van der Waals surface area contributed by atoms with Crippen molar-refractivity contribution in [1.29, 1.82) is 0 Å². The molecular weight excluding hydrogens is 636 g/mol. The van der Waals surface area contributed by atoms with Crippen LogP contribution >= 0.6 is 0 Å². The van der Waals surface area contributed by atoms with Gasteiger partial charge < -0.3 is 19.9 Å². The number of nitrogens with one attached hydrogen (secondary N) is 1. The molecule has 3 aromatic rings. The number of hydrogen-bond donors (Lipinski definition) is 2. The SMILES string of the molecule is CCCc1cc(C(O)(C(F)(F)F)C(F)(F)F)ccc1Oc1ccc(C(=O)CN2C(=O)NC(C)(c3ccc(OC(C)C)cc3)C2=O)nc1. The van der Waals surface area contributed by atoms with Gasteiger partial charge in [0, 0.05) is 5.56 Å². The third-order valence-corrected chi connectivity index (χ3v) is 7.45. The van der Waals surface area contributed by atoms with Crippen LogP contribution in [0.4, 0.5) is 31.1 Å². The molecule has 0 spiro atoms. The summed E-state index contributed by atoms with van der Waals surface area (Å²) in [6.07, 6.45) is -10.7. The van der Waals surface area contributed by atoms with Crippen molar-refractivity contribution in [2.75, 3.05) is 6.54 Å². The lowest BCUT2D eigenvalue weighted by atomic mass is 9.90. The van der Waals surface area contributed by atoms with E-state index in [-0.39, 0.29) is 35.3 Å². The number of carbonyl (C=O) groups excluding carboxylic acids is 3. The van der Waals surface area contributed by atoms with Crippen molar-refractivity contribution in [2.24, 2.45) is 0 Å². The highest BCUT2D eigenvalue weighted by molar-refractivity contribution is 6.11. The molecule has 0 radical (unpaired) electrons. The van der Waals surface area contributed by atoms with Crippen molar-refractivity contribution in [3.05, 3.63) is 83.2 Å². The normalized spacial score (nSPS) is 17.2. The number of amides is 3. The number of rotatable bonds is 11. The van der Waals surface area contributed by atoms with Crippen LogP contribution in [0.3, 0.4) is 0 Å². The van der Waals surface area contributed by atoms with Crippen LogP contribution in [-0.4, -0.2) is 57.7 Å². The Hall–Kier alpha value is -4.66. The molecule has 2 aromatic carbocycles. The van der Waals surface area contributed by atoms with Gasteiger partial charge in [0.25, 0.3) is 11.5 Å². The average molecular weight is 668 g/mol. The summed E-state index contributed by atoms with van der Waals surface area (Å²) >= 11 is 0. The zero-order chi connectivity index (χ0) is 34.9. The topological polar surface area (TPSA) is 118 Å². The van der Waals surface area contributed by atoms with Crippen LogP contribution < -0.4 is 14.8 Å². The van der Waals surface area contributed by atoms with Gasteiger partial charge >= 0.3 is 18.4 Å². The van der Waals surface area contributed by atoms with E-state index in [2.05, 4.69) is 10.3 Å². The zero-order valence-electron chi connectivity index (χ0n) is 25.6. The number of aryl methyl sites for hydroxylation is 1. The van der Waals surface area contributed by atoms with E-state index in [4.69, 9.17) is 9.47 Å². The Kier molecular flexibility index (Phi) is 9.63. The predicted octanol–water partition coefficient (Wildman–Crippen LogP) is 6.58. The molecule has 1 fully saturated rings. The zero-order valence-corrected chi connectivity index (χ0v) is 25.6. The summed E-state index contributed by atoms with van der Waals surface area (Å²) in [6, 6.07) is 10.2. The van der Waals surface area contributed by atoms with Crippen molar-refractivity contribution >= 4 is 17.7 Å². The van der Waals surface area contributed by atoms with Crippen LogP contribution in [-0.2, 0) is 22.4 Å². The number of nitrogens with zero attached hydrogens (tertiary/aromatic N) is 2. The molecule has 1 saturated heterocycles. The Morgan fingerprint density at radius 1 is 0.979 bits per heavy atom. The number of aromatic nitrogens is 1. The van der Waals surface area contributed by atoms with Crippen LogP contribution in [0.5, 0.6) is 17.2 Å². The Morgan fingerprint density at radius 2 is 1.60 bits per heavy atom. The molecule has 15 heteroatoms. The molecule has 3 amide bonds. The molecule has 1 aliphatic rings. The molecule has 1 aliphatic heterocycles. The summed E-state index contributed by atoms with van der Waals surface area (Å²) in [5.41, 5.74) is -7.67. The predicted molar refractivity (Wildman–Crippen MR) is 155 cm³/mol. The number of ketones is 1. The smallest absolute Gasteiger partial charge is 0.430 e. The lowest BCUT2D eigenvalue weighted by Crippen LogP contribution is -2.53. The monoisotopic (exact) mass is 667 g/mol. The highest BCUT2D eigenvalue weighted by Gasteiger charge is 2.71. The summed E-state index contributed by atoms with van der Waals surface area (Å²) in [6.45, 7) is 6.23. The minimum atomic E-state index is -6.05. The Bertz CT molecular complexity index is 1630. The fourth-order valence-corrected chi connectivity index (χ4v) is 4.99. The second-order valence-corrected chi connectivity index (χ2v) is 11.3. The van der Waals surface area contributed by atoms with Crippen molar-refractivity contribution in [3.63, 3.8) is 0 Å². The van der Waals surface area contributed by atoms with Crippen LogP contribution in [0, 0.1) is 0 Å². The van der Waals surface area contributed by atoms with E-state index in [9.17, 15) is 45.8 Å². The molecule has 0 saturated carbocycles. The Morgan fingerprint density at radius 3 is 2.13 bits per heavy atom. The highest BCUT2D eigenvalue weighted by atomic mass is 19.4. The van der Waals surface area contributed by atoms with Gasteiger partial charge in [0.05, 0.1) is 18.8 Å². The van der Waals surface area contributed by atoms with Crippen molar-refractivity contribution in [3.8, 4) is 17.2 Å². The molecule has 4 rings (SSSR count). The van der Waals surface area contributed by atoms with Gasteiger partial charge in [-0.15, -0.1) is 0 Å². The first-order valence-electron chi connectivity index (χ1n) is 14.4. The van der Waals surface area contributed by atoms with Gasteiger partial charge in [-0.25, -0.2) is 9.78 Å². The lowest BCUT2D eigenvalue weighted by molar-refractivity contribution is -0.376. The number of halogens is 6. The molecule has 0 bridgehead atoms. The Labute approximate surface area is 265 Å². The van der Waals surface area contributed by atoms with E-state index in [0.717, 1.165) is 17.2 Å². The maximum atomic E-state index is 13.4. The molecule has 1 atom stereocenters. The number of Topliss-reactive ketones (excluding diaryl/α,β-unsaturated/α-hetero) is 1. The van der Waals surface area contributed by atoms with Crippen molar-refractivity contribution < 1.29 is 55.3 Å². The third-order valence-electron chi connectivity index (χ3n) is 7.45. The van der Waals surface area contributed by atoms with Gasteiger partial charge in [0.1, 0.15) is 28.5 Å². The first-order valence-corrected chi connectivity index (χ1v) is 14.4. The number of pyridine rings is 1. The van der Waals surface area contributed by atoms with E-state index < -0.39 is 53.3 Å². The fraction of sp³-hybridized carbons (Fsp3) is 0.375. The fourth-order valence-electron chi connectivity index (χ4n) is 4.99. The molecule has 252 valence electrons. The molecule has 0 aliphatic carbocycles. The van der Waals surface area contributed by atoms with Gasteiger partial charge in [0.15, 0.2) is 0 Å². The number of imide groups is 1. The Balaban J connectivity index is 1.49.